The molecule has 2 amide bonds. The number of hydrogen-bond donors (Lipinski definition) is 4. The zero-order valence-electron chi connectivity index (χ0n) is 12.0. The predicted molar refractivity (Wildman–Crippen MR) is 83.2 cm³/mol. The van der Waals surface area contributed by atoms with Gasteiger partial charge >= 0.3 is 11.8 Å². The first kappa shape index (κ1) is 16.7. The van der Waals surface area contributed by atoms with E-state index < -0.39 is 28.2 Å². The third-order valence-corrected chi connectivity index (χ3v) is 2.97. The number of carbonyl (C=O) groups is 2. The maximum Gasteiger partial charge on any atom is 0.330 e. The summed E-state index contributed by atoms with van der Waals surface area (Å²) in [6.07, 6.45) is 0. The highest BCUT2D eigenvalue weighted by Crippen LogP contribution is 2.28. The van der Waals surface area contributed by atoms with Gasteiger partial charge in [0.2, 0.25) is 0 Å². The highest BCUT2D eigenvalue weighted by Gasteiger charge is 2.22. The van der Waals surface area contributed by atoms with Crippen LogP contribution in [0.2, 0.25) is 0 Å². The summed E-state index contributed by atoms with van der Waals surface area (Å²) < 4.78 is 0. The smallest absolute Gasteiger partial charge is 0.330 e. The Hall–Kier alpha value is -3.66. The summed E-state index contributed by atoms with van der Waals surface area (Å²) in [7, 11) is 0. The van der Waals surface area contributed by atoms with Crippen LogP contribution in [0, 0.1) is 10.1 Å². The van der Waals surface area contributed by atoms with Crippen molar-refractivity contribution in [2.24, 2.45) is 5.84 Å². The van der Waals surface area contributed by atoms with Crippen LogP contribution in [0.1, 0.15) is 0 Å². The Morgan fingerprint density at radius 3 is 2.46 bits per heavy atom. The van der Waals surface area contributed by atoms with Crippen molar-refractivity contribution in [1.82, 2.24) is 0 Å². The summed E-state index contributed by atoms with van der Waals surface area (Å²) in [5, 5.41) is 31.9. The number of non-ortho nitro benzene ring substituents is 1. The maximum atomic E-state index is 12.0. The Morgan fingerprint density at radius 2 is 1.83 bits per heavy atom. The topological polar surface area (TPSA) is 159 Å². The first-order valence-corrected chi connectivity index (χ1v) is 6.46. The van der Waals surface area contributed by atoms with Gasteiger partial charge < -0.3 is 15.5 Å². The molecule has 24 heavy (non-hydrogen) atoms. The number of phenols is 2. The Labute approximate surface area is 134 Å². The van der Waals surface area contributed by atoms with Crippen molar-refractivity contribution in [2.45, 2.75) is 0 Å². The molecule has 0 heterocycles. The number of amides is 2. The molecule has 0 atom stereocenters. The number of phenolic OH excluding ortho intramolecular Hbond substituents is 2. The number of hydrazine groups is 1. The van der Waals surface area contributed by atoms with Gasteiger partial charge in [0.1, 0.15) is 0 Å². The summed E-state index contributed by atoms with van der Waals surface area (Å²) in [6.45, 7) is 0. The van der Waals surface area contributed by atoms with E-state index in [1.807, 2.05) is 0 Å². The molecule has 5 N–H and O–H groups in total. The van der Waals surface area contributed by atoms with Crippen molar-refractivity contribution >= 4 is 28.9 Å². The lowest BCUT2D eigenvalue weighted by Crippen LogP contribution is -2.44. The van der Waals surface area contributed by atoms with E-state index in [-0.39, 0.29) is 17.1 Å². The van der Waals surface area contributed by atoms with E-state index in [1.165, 1.54) is 24.3 Å². The lowest BCUT2D eigenvalue weighted by Gasteiger charge is -2.16. The molecule has 2 aromatic rings. The fraction of sp³-hybridized carbons (Fsp3) is 0. The molecule has 2 aromatic carbocycles. The lowest BCUT2D eigenvalue weighted by molar-refractivity contribution is -0.384. The van der Waals surface area contributed by atoms with Gasteiger partial charge in [0.15, 0.2) is 11.5 Å². The van der Waals surface area contributed by atoms with Crippen molar-refractivity contribution in [3.05, 3.63) is 52.6 Å². The normalized spacial score (nSPS) is 10.0. The number of nitro groups is 1. The minimum Gasteiger partial charge on any atom is -0.504 e. The van der Waals surface area contributed by atoms with Gasteiger partial charge in [-0.3, -0.25) is 19.7 Å². The average molecular weight is 332 g/mol. The van der Waals surface area contributed by atoms with Crippen LogP contribution in [-0.4, -0.2) is 27.0 Å². The molecule has 0 aromatic heterocycles. The number of nitrogens with two attached hydrogens (primary N) is 1. The highest BCUT2D eigenvalue weighted by molar-refractivity contribution is 6.44. The van der Waals surface area contributed by atoms with Crippen LogP contribution in [0.15, 0.2) is 42.5 Å². The van der Waals surface area contributed by atoms with Crippen LogP contribution in [-0.2, 0) is 9.59 Å². The maximum absolute atomic E-state index is 12.0. The summed E-state index contributed by atoms with van der Waals surface area (Å²) >= 11 is 0. The zero-order valence-corrected chi connectivity index (χ0v) is 12.0. The molecule has 0 unspecified atom stereocenters. The third kappa shape index (κ3) is 3.56. The van der Waals surface area contributed by atoms with Gasteiger partial charge in [-0.25, -0.2) is 10.9 Å². The van der Waals surface area contributed by atoms with Gasteiger partial charge in [-0.1, -0.05) is 6.07 Å². The Bertz CT molecular complexity index is 823. The fourth-order valence-corrected chi connectivity index (χ4v) is 1.77. The molecule has 10 nitrogen and oxygen atoms in total. The second-order valence-electron chi connectivity index (χ2n) is 4.61. The molecule has 0 aliphatic heterocycles. The number of anilines is 2. The Balaban J connectivity index is 2.14. The molecule has 0 radical (unpaired) electrons. The van der Waals surface area contributed by atoms with Gasteiger partial charge in [0.05, 0.1) is 10.6 Å². The van der Waals surface area contributed by atoms with E-state index in [1.54, 1.807) is 0 Å². The predicted octanol–water partition coefficient (Wildman–Crippen LogP) is 0.851. The molecule has 124 valence electrons. The molecule has 0 bridgehead atoms. The van der Waals surface area contributed by atoms with Gasteiger partial charge in [0.25, 0.3) is 5.69 Å². The molecule has 0 spiro atoms. The lowest BCUT2D eigenvalue weighted by atomic mass is 10.2. The molecule has 0 aliphatic rings. The van der Waals surface area contributed by atoms with E-state index in [2.05, 4.69) is 5.32 Å². The van der Waals surface area contributed by atoms with Crippen LogP contribution in [0.3, 0.4) is 0 Å². The van der Waals surface area contributed by atoms with E-state index >= 15 is 0 Å². The minimum absolute atomic E-state index is 0.0375. The molecule has 0 fully saturated rings. The summed E-state index contributed by atoms with van der Waals surface area (Å²) in [5.74, 6) is 2.27. The van der Waals surface area contributed by atoms with Crippen molar-refractivity contribution in [2.75, 3.05) is 10.3 Å². The monoisotopic (exact) mass is 332 g/mol. The number of nitrogens with zero attached hydrogens (tertiary/aromatic N) is 2. The highest BCUT2D eigenvalue weighted by atomic mass is 16.6. The van der Waals surface area contributed by atoms with Crippen molar-refractivity contribution in [3.63, 3.8) is 0 Å². The summed E-state index contributed by atoms with van der Waals surface area (Å²) in [5.41, 5.74) is -0.248. The standard InChI is InChI=1S/C14H12N4O6/c15-17(9-4-5-11(19)12(20)7-9)14(22)13(21)16-8-2-1-3-10(6-8)18(23)24/h1-7,19-20H,15H2,(H,16,21). The number of aromatic hydroxyl groups is 2. The molecular weight excluding hydrogens is 320 g/mol. The molecule has 0 saturated carbocycles. The first-order chi connectivity index (χ1) is 11.3. The van der Waals surface area contributed by atoms with Gasteiger partial charge in [-0.05, 0) is 18.2 Å². The molecule has 0 aliphatic carbocycles. The Morgan fingerprint density at radius 1 is 1.12 bits per heavy atom. The van der Waals surface area contributed by atoms with Crippen LogP contribution < -0.4 is 16.2 Å². The number of nitro benzene ring substituents is 1. The van der Waals surface area contributed by atoms with Crippen molar-refractivity contribution in [3.8, 4) is 11.5 Å². The number of rotatable bonds is 3. The fourth-order valence-electron chi connectivity index (χ4n) is 1.77. The third-order valence-electron chi connectivity index (χ3n) is 2.97. The van der Waals surface area contributed by atoms with Crippen molar-refractivity contribution < 1.29 is 24.7 Å². The molecule has 0 saturated heterocycles. The quantitative estimate of drug-likeness (QED) is 0.162. The number of benzene rings is 2. The molecule has 2 rings (SSSR count). The minimum atomic E-state index is -1.17. The van der Waals surface area contributed by atoms with Crippen LogP contribution >= 0.6 is 0 Å². The Kier molecular flexibility index (Phi) is 4.61. The second-order valence-corrected chi connectivity index (χ2v) is 4.61. The van der Waals surface area contributed by atoms with Gasteiger partial charge in [-0.15, -0.1) is 0 Å². The number of carbonyl (C=O) groups excluding carboxylic acids is 2. The summed E-state index contributed by atoms with van der Waals surface area (Å²) in [6, 6.07) is 8.32. The van der Waals surface area contributed by atoms with Crippen LogP contribution in [0.25, 0.3) is 0 Å². The van der Waals surface area contributed by atoms with Crippen LogP contribution in [0.4, 0.5) is 17.1 Å². The second kappa shape index (κ2) is 6.62. The zero-order chi connectivity index (χ0) is 17.9. The molecule has 10 heteroatoms. The van der Waals surface area contributed by atoms with Gasteiger partial charge in [-0.2, -0.15) is 0 Å². The summed E-state index contributed by atoms with van der Waals surface area (Å²) in [4.78, 5) is 33.9. The first-order valence-electron chi connectivity index (χ1n) is 6.46. The largest absolute Gasteiger partial charge is 0.504 e. The van der Waals surface area contributed by atoms with E-state index in [9.17, 15) is 29.9 Å². The van der Waals surface area contributed by atoms with Crippen molar-refractivity contribution in [1.29, 1.82) is 0 Å². The number of hydrogen-bond acceptors (Lipinski definition) is 7. The molecular formula is C14H12N4O6. The van der Waals surface area contributed by atoms with Gasteiger partial charge in [0, 0.05) is 23.9 Å². The number of nitrogens with one attached hydrogen (secondary N) is 1. The SMILES string of the molecule is NN(C(=O)C(=O)Nc1cccc([N+](=O)[O-])c1)c1ccc(O)c(O)c1. The van der Waals surface area contributed by atoms with E-state index in [0.717, 1.165) is 18.2 Å². The average Bonchev–Trinajstić information content (AvgIpc) is 2.56. The van der Waals surface area contributed by atoms with E-state index in [0.29, 0.717) is 5.01 Å². The van der Waals surface area contributed by atoms with E-state index in [4.69, 9.17) is 5.84 Å². The van der Waals surface area contributed by atoms with Crippen LogP contribution in [0.5, 0.6) is 11.5 Å².